The van der Waals surface area contributed by atoms with Crippen LogP contribution in [0.15, 0.2) is 36.4 Å². The molecule has 0 aromatic heterocycles. The zero-order valence-electron chi connectivity index (χ0n) is 18.5. The molecule has 0 saturated carbocycles. The third-order valence-corrected chi connectivity index (χ3v) is 5.57. The summed E-state index contributed by atoms with van der Waals surface area (Å²) >= 11 is 12.2. The number of carbonyl (C=O) groups excluding carboxylic acids is 2. The van der Waals surface area contributed by atoms with Gasteiger partial charge in [0.2, 0.25) is 5.91 Å². The standard InChI is InChI=1S/C24H30Cl2N2O3/c1-5-9-27-24(30)22(6-2)28(14-18-7-8-20(25)21(26)13-18)23(29)15-31-19-11-16(3)10-17(4)12-19/h7-8,10-13,22H,5-6,9,14-15H2,1-4H3,(H,27,30). The molecule has 1 unspecified atom stereocenters. The van der Waals surface area contributed by atoms with Crippen molar-refractivity contribution in [2.75, 3.05) is 13.2 Å². The number of halogens is 2. The van der Waals surface area contributed by atoms with Crippen molar-refractivity contribution in [1.29, 1.82) is 0 Å². The minimum atomic E-state index is -0.614. The lowest BCUT2D eigenvalue weighted by molar-refractivity contribution is -0.143. The predicted octanol–water partition coefficient (Wildman–Crippen LogP) is 5.32. The molecule has 5 nitrogen and oxygen atoms in total. The van der Waals surface area contributed by atoms with Crippen molar-refractivity contribution >= 4 is 35.0 Å². The zero-order valence-corrected chi connectivity index (χ0v) is 20.0. The van der Waals surface area contributed by atoms with Crippen molar-refractivity contribution in [3.05, 3.63) is 63.1 Å². The largest absolute Gasteiger partial charge is 0.484 e. The van der Waals surface area contributed by atoms with Gasteiger partial charge in [-0.2, -0.15) is 0 Å². The normalized spacial score (nSPS) is 11.7. The lowest BCUT2D eigenvalue weighted by atomic mass is 10.1. The van der Waals surface area contributed by atoms with Crippen molar-refractivity contribution in [1.82, 2.24) is 10.2 Å². The zero-order chi connectivity index (χ0) is 23.0. The van der Waals surface area contributed by atoms with Crippen LogP contribution >= 0.6 is 23.2 Å². The van der Waals surface area contributed by atoms with E-state index in [2.05, 4.69) is 5.32 Å². The van der Waals surface area contributed by atoms with E-state index < -0.39 is 6.04 Å². The van der Waals surface area contributed by atoms with Crippen LogP contribution in [-0.2, 0) is 16.1 Å². The van der Waals surface area contributed by atoms with Crippen molar-refractivity contribution in [2.45, 2.75) is 53.1 Å². The molecule has 0 radical (unpaired) electrons. The smallest absolute Gasteiger partial charge is 0.261 e. The second-order valence-electron chi connectivity index (χ2n) is 7.60. The first-order valence-corrected chi connectivity index (χ1v) is 11.2. The maximum atomic E-state index is 13.2. The molecule has 0 aliphatic rings. The van der Waals surface area contributed by atoms with Gasteiger partial charge in [-0.15, -0.1) is 0 Å². The molecule has 0 spiro atoms. The Morgan fingerprint density at radius 1 is 1.03 bits per heavy atom. The summed E-state index contributed by atoms with van der Waals surface area (Å²) in [4.78, 5) is 27.5. The molecule has 2 rings (SSSR count). The van der Waals surface area contributed by atoms with Crippen LogP contribution in [0.2, 0.25) is 10.0 Å². The Hall–Kier alpha value is -2.24. The van der Waals surface area contributed by atoms with Crippen molar-refractivity contribution in [2.24, 2.45) is 0 Å². The molecule has 31 heavy (non-hydrogen) atoms. The molecule has 0 aliphatic heterocycles. The fourth-order valence-electron chi connectivity index (χ4n) is 3.36. The second kappa shape index (κ2) is 12.0. The average molecular weight is 465 g/mol. The molecule has 1 N–H and O–H groups in total. The Kier molecular flexibility index (Phi) is 9.66. The number of hydrogen-bond acceptors (Lipinski definition) is 3. The van der Waals surface area contributed by atoms with Crippen LogP contribution in [-0.4, -0.2) is 35.9 Å². The highest BCUT2D eigenvalue weighted by Gasteiger charge is 2.29. The lowest BCUT2D eigenvalue weighted by Crippen LogP contribution is -2.50. The minimum Gasteiger partial charge on any atom is -0.484 e. The van der Waals surface area contributed by atoms with Crippen LogP contribution in [0.25, 0.3) is 0 Å². The predicted molar refractivity (Wildman–Crippen MR) is 126 cm³/mol. The summed E-state index contributed by atoms with van der Waals surface area (Å²) in [7, 11) is 0. The van der Waals surface area contributed by atoms with Crippen LogP contribution in [0.4, 0.5) is 0 Å². The molecule has 168 valence electrons. The fraction of sp³-hybridized carbons (Fsp3) is 0.417. The highest BCUT2D eigenvalue weighted by Crippen LogP contribution is 2.24. The van der Waals surface area contributed by atoms with Gasteiger partial charge >= 0.3 is 0 Å². The second-order valence-corrected chi connectivity index (χ2v) is 8.41. The summed E-state index contributed by atoms with van der Waals surface area (Å²) in [6.07, 6.45) is 1.30. The van der Waals surface area contributed by atoms with E-state index in [1.807, 2.05) is 45.9 Å². The third kappa shape index (κ3) is 7.44. The molecule has 0 fully saturated rings. The summed E-state index contributed by atoms with van der Waals surface area (Å²) in [5, 5.41) is 3.74. The van der Waals surface area contributed by atoms with Crippen molar-refractivity contribution in [3.8, 4) is 5.75 Å². The minimum absolute atomic E-state index is 0.165. The molecule has 0 saturated heterocycles. The number of aryl methyl sites for hydroxylation is 2. The number of ether oxygens (including phenoxy) is 1. The number of benzene rings is 2. The Balaban J connectivity index is 2.24. The topological polar surface area (TPSA) is 58.6 Å². The van der Waals surface area contributed by atoms with Gasteiger partial charge in [0, 0.05) is 13.1 Å². The molecule has 0 bridgehead atoms. The molecular weight excluding hydrogens is 435 g/mol. The van der Waals surface area contributed by atoms with E-state index in [4.69, 9.17) is 27.9 Å². The molecule has 7 heteroatoms. The van der Waals surface area contributed by atoms with E-state index >= 15 is 0 Å². The van der Waals surface area contributed by atoms with Gasteiger partial charge in [-0.25, -0.2) is 0 Å². The van der Waals surface area contributed by atoms with Crippen LogP contribution in [0, 0.1) is 13.8 Å². The maximum absolute atomic E-state index is 13.2. The van der Waals surface area contributed by atoms with E-state index in [1.54, 1.807) is 23.1 Å². The molecule has 2 aromatic carbocycles. The van der Waals surface area contributed by atoms with Gasteiger partial charge in [0.1, 0.15) is 11.8 Å². The molecule has 1 atom stereocenters. The van der Waals surface area contributed by atoms with Crippen molar-refractivity contribution < 1.29 is 14.3 Å². The highest BCUT2D eigenvalue weighted by atomic mass is 35.5. The van der Waals surface area contributed by atoms with E-state index in [0.717, 1.165) is 23.1 Å². The Morgan fingerprint density at radius 3 is 2.29 bits per heavy atom. The van der Waals surface area contributed by atoms with Gasteiger partial charge < -0.3 is 15.0 Å². The van der Waals surface area contributed by atoms with Gasteiger partial charge in [-0.1, -0.05) is 49.2 Å². The highest BCUT2D eigenvalue weighted by molar-refractivity contribution is 6.42. The quantitative estimate of drug-likeness (QED) is 0.517. The molecule has 2 aromatic rings. The van der Waals surface area contributed by atoms with Crippen LogP contribution in [0.5, 0.6) is 5.75 Å². The number of hydrogen-bond donors (Lipinski definition) is 1. The first-order valence-electron chi connectivity index (χ1n) is 10.5. The summed E-state index contributed by atoms with van der Waals surface area (Å²) in [5.41, 5.74) is 2.90. The van der Waals surface area contributed by atoms with E-state index in [0.29, 0.717) is 28.8 Å². The van der Waals surface area contributed by atoms with Gasteiger partial charge in [-0.3, -0.25) is 9.59 Å². The first-order chi connectivity index (χ1) is 14.7. The van der Waals surface area contributed by atoms with Crippen molar-refractivity contribution in [3.63, 3.8) is 0 Å². The van der Waals surface area contributed by atoms with Crippen LogP contribution < -0.4 is 10.1 Å². The van der Waals surface area contributed by atoms with Gasteiger partial charge in [-0.05, 0) is 67.6 Å². The number of nitrogens with zero attached hydrogens (tertiary/aromatic N) is 1. The number of carbonyl (C=O) groups is 2. The van der Waals surface area contributed by atoms with Crippen LogP contribution in [0.1, 0.15) is 43.4 Å². The van der Waals surface area contributed by atoms with E-state index in [1.165, 1.54) is 0 Å². The third-order valence-electron chi connectivity index (χ3n) is 4.83. The monoisotopic (exact) mass is 464 g/mol. The molecule has 2 amide bonds. The molecule has 0 heterocycles. The molecular formula is C24H30Cl2N2O3. The Labute approximate surface area is 194 Å². The summed E-state index contributed by atoms with van der Waals surface area (Å²) in [5.74, 6) is 0.178. The summed E-state index contributed by atoms with van der Waals surface area (Å²) < 4.78 is 5.78. The Morgan fingerprint density at radius 2 is 1.71 bits per heavy atom. The Bertz CT molecular complexity index is 897. The van der Waals surface area contributed by atoms with Gasteiger partial charge in [0.05, 0.1) is 10.0 Å². The summed E-state index contributed by atoms with van der Waals surface area (Å²) in [6.45, 7) is 8.44. The first kappa shape index (κ1) is 25.0. The maximum Gasteiger partial charge on any atom is 0.261 e. The van der Waals surface area contributed by atoms with Gasteiger partial charge in [0.25, 0.3) is 5.91 Å². The van der Waals surface area contributed by atoms with Gasteiger partial charge in [0.15, 0.2) is 6.61 Å². The SMILES string of the molecule is CCCNC(=O)C(CC)N(Cc1ccc(Cl)c(Cl)c1)C(=O)COc1cc(C)cc(C)c1. The number of amides is 2. The molecule has 0 aliphatic carbocycles. The lowest BCUT2D eigenvalue weighted by Gasteiger charge is -2.30. The van der Waals surface area contributed by atoms with E-state index in [9.17, 15) is 9.59 Å². The van der Waals surface area contributed by atoms with Crippen LogP contribution in [0.3, 0.4) is 0 Å². The fourth-order valence-corrected chi connectivity index (χ4v) is 3.69. The number of rotatable bonds is 10. The van der Waals surface area contributed by atoms with E-state index in [-0.39, 0.29) is 25.0 Å². The average Bonchev–Trinajstić information content (AvgIpc) is 2.72. The summed E-state index contributed by atoms with van der Waals surface area (Å²) in [6, 6.07) is 10.4. The number of nitrogens with one attached hydrogen (secondary N) is 1.